The molecule has 0 heterocycles. The van der Waals surface area contributed by atoms with Crippen molar-refractivity contribution in [2.24, 2.45) is 0 Å². The van der Waals surface area contributed by atoms with E-state index >= 15 is 0 Å². The number of benzene rings is 2. The lowest BCUT2D eigenvalue weighted by atomic mass is 10.1. The summed E-state index contributed by atoms with van der Waals surface area (Å²) in [6.07, 6.45) is 0. The number of nitrogens with one attached hydrogen (secondary N) is 2. The Hall–Kier alpha value is -1.84. The summed E-state index contributed by atoms with van der Waals surface area (Å²) in [5, 5.41) is 6.93. The van der Waals surface area contributed by atoms with Crippen LogP contribution in [0.3, 0.4) is 0 Å². The van der Waals surface area contributed by atoms with Crippen LogP contribution in [0.4, 0.5) is 5.69 Å². The van der Waals surface area contributed by atoms with Crippen molar-refractivity contribution in [1.29, 1.82) is 0 Å². The molecule has 4 heteroatoms. The zero-order chi connectivity index (χ0) is 16.1. The van der Waals surface area contributed by atoms with Crippen LogP contribution in [0, 0.1) is 6.92 Å². The fraction of sp³-hybridized carbons (Fsp3) is 0.278. The van der Waals surface area contributed by atoms with E-state index in [1.807, 2.05) is 69.3 Å². The van der Waals surface area contributed by atoms with Crippen LogP contribution >= 0.6 is 11.6 Å². The van der Waals surface area contributed by atoms with Gasteiger partial charge in [0.15, 0.2) is 0 Å². The van der Waals surface area contributed by atoms with Gasteiger partial charge in [-0.3, -0.25) is 10.1 Å². The van der Waals surface area contributed by atoms with E-state index in [9.17, 15) is 4.79 Å². The van der Waals surface area contributed by atoms with Gasteiger partial charge in [-0.25, -0.2) is 0 Å². The molecule has 2 rings (SSSR count). The second kappa shape index (κ2) is 7.43. The van der Waals surface area contributed by atoms with Crippen molar-refractivity contribution in [3.63, 3.8) is 0 Å². The number of anilines is 1. The van der Waals surface area contributed by atoms with Crippen molar-refractivity contribution in [2.45, 2.75) is 32.9 Å². The van der Waals surface area contributed by atoms with Gasteiger partial charge in [-0.15, -0.1) is 0 Å². The predicted octanol–water partition coefficient (Wildman–Crippen LogP) is 4.33. The van der Waals surface area contributed by atoms with Crippen LogP contribution in [0.5, 0.6) is 0 Å². The molecule has 0 fully saturated rings. The SMILES string of the molecule is Cc1cccc(NC(=O)[C@H](C)N[C@H](C)c2ccc(Cl)cc2)c1. The van der Waals surface area contributed by atoms with E-state index in [-0.39, 0.29) is 18.0 Å². The molecule has 116 valence electrons. The highest BCUT2D eigenvalue weighted by atomic mass is 35.5. The second-order valence-electron chi connectivity index (χ2n) is 5.52. The van der Waals surface area contributed by atoms with Crippen molar-refractivity contribution in [3.05, 3.63) is 64.7 Å². The summed E-state index contributed by atoms with van der Waals surface area (Å²) in [6, 6.07) is 15.2. The molecule has 1 amide bonds. The van der Waals surface area contributed by atoms with Gasteiger partial charge in [-0.05, 0) is 56.2 Å². The summed E-state index contributed by atoms with van der Waals surface area (Å²) < 4.78 is 0. The summed E-state index contributed by atoms with van der Waals surface area (Å²) in [4.78, 5) is 12.2. The van der Waals surface area contributed by atoms with E-state index in [1.165, 1.54) is 0 Å². The standard InChI is InChI=1S/C18H21ClN2O/c1-12-5-4-6-17(11-12)21-18(22)14(3)20-13(2)15-7-9-16(19)10-8-15/h4-11,13-14,20H,1-3H3,(H,21,22)/t13-,14+/m1/s1. The average Bonchev–Trinajstić information content (AvgIpc) is 2.47. The lowest BCUT2D eigenvalue weighted by Gasteiger charge is -2.20. The average molecular weight is 317 g/mol. The lowest BCUT2D eigenvalue weighted by Crippen LogP contribution is -2.39. The maximum atomic E-state index is 12.2. The molecule has 2 aromatic carbocycles. The Morgan fingerprint density at radius 1 is 1.09 bits per heavy atom. The Balaban J connectivity index is 1.94. The van der Waals surface area contributed by atoms with Crippen molar-refractivity contribution < 1.29 is 4.79 Å². The molecule has 0 aliphatic carbocycles. The van der Waals surface area contributed by atoms with E-state index in [2.05, 4.69) is 10.6 Å². The van der Waals surface area contributed by atoms with Crippen molar-refractivity contribution in [1.82, 2.24) is 5.32 Å². The number of halogens is 1. The molecular weight excluding hydrogens is 296 g/mol. The summed E-state index contributed by atoms with van der Waals surface area (Å²) in [7, 11) is 0. The number of hydrogen-bond acceptors (Lipinski definition) is 2. The Kier molecular flexibility index (Phi) is 5.58. The fourth-order valence-corrected chi connectivity index (χ4v) is 2.40. The zero-order valence-corrected chi connectivity index (χ0v) is 13.8. The molecule has 0 aromatic heterocycles. The molecule has 3 nitrogen and oxygen atoms in total. The van der Waals surface area contributed by atoms with E-state index < -0.39 is 0 Å². The number of aryl methyl sites for hydroxylation is 1. The Bertz CT molecular complexity index is 640. The number of carbonyl (C=O) groups excluding carboxylic acids is 1. The summed E-state index contributed by atoms with van der Waals surface area (Å²) in [5.41, 5.74) is 3.03. The van der Waals surface area contributed by atoms with Crippen LogP contribution in [-0.4, -0.2) is 11.9 Å². The molecule has 0 unspecified atom stereocenters. The summed E-state index contributed by atoms with van der Waals surface area (Å²) in [6.45, 7) is 5.89. The van der Waals surface area contributed by atoms with Crippen molar-refractivity contribution >= 4 is 23.2 Å². The van der Waals surface area contributed by atoms with Crippen LogP contribution in [0.25, 0.3) is 0 Å². The maximum absolute atomic E-state index is 12.2. The Morgan fingerprint density at radius 3 is 2.41 bits per heavy atom. The van der Waals surface area contributed by atoms with Gasteiger partial charge in [-0.1, -0.05) is 35.9 Å². The van der Waals surface area contributed by atoms with Crippen molar-refractivity contribution in [3.8, 4) is 0 Å². The molecule has 2 aromatic rings. The fourth-order valence-electron chi connectivity index (χ4n) is 2.27. The van der Waals surface area contributed by atoms with E-state index in [1.54, 1.807) is 0 Å². The summed E-state index contributed by atoms with van der Waals surface area (Å²) in [5.74, 6) is -0.0496. The topological polar surface area (TPSA) is 41.1 Å². The first kappa shape index (κ1) is 16.5. The third-order valence-corrected chi connectivity index (χ3v) is 3.80. The van der Waals surface area contributed by atoms with Crippen LogP contribution in [0.2, 0.25) is 5.02 Å². The predicted molar refractivity (Wildman–Crippen MR) is 92.3 cm³/mol. The smallest absolute Gasteiger partial charge is 0.241 e. The highest BCUT2D eigenvalue weighted by Gasteiger charge is 2.16. The molecule has 0 aliphatic rings. The van der Waals surface area contributed by atoms with E-state index in [0.29, 0.717) is 5.02 Å². The van der Waals surface area contributed by atoms with Crippen LogP contribution in [-0.2, 0) is 4.79 Å². The van der Waals surface area contributed by atoms with Gasteiger partial charge in [0.2, 0.25) is 5.91 Å². The number of carbonyl (C=O) groups is 1. The second-order valence-corrected chi connectivity index (χ2v) is 5.96. The zero-order valence-electron chi connectivity index (χ0n) is 13.1. The normalized spacial score (nSPS) is 13.5. The molecule has 0 saturated heterocycles. The molecule has 0 radical (unpaired) electrons. The number of rotatable bonds is 5. The van der Waals surface area contributed by atoms with Gasteiger partial charge in [0, 0.05) is 16.8 Å². The largest absolute Gasteiger partial charge is 0.325 e. The summed E-state index contributed by atoms with van der Waals surface area (Å²) >= 11 is 5.89. The Labute approximate surface area is 136 Å². The first-order chi connectivity index (χ1) is 10.5. The van der Waals surface area contributed by atoms with Gasteiger partial charge in [-0.2, -0.15) is 0 Å². The van der Waals surface area contributed by atoms with Crippen LogP contribution < -0.4 is 10.6 Å². The molecule has 2 atom stereocenters. The Morgan fingerprint density at radius 2 is 1.77 bits per heavy atom. The molecule has 22 heavy (non-hydrogen) atoms. The molecule has 2 N–H and O–H groups in total. The quantitative estimate of drug-likeness (QED) is 0.862. The van der Waals surface area contributed by atoms with Gasteiger partial charge < -0.3 is 5.32 Å². The lowest BCUT2D eigenvalue weighted by molar-refractivity contribution is -0.117. The van der Waals surface area contributed by atoms with Crippen LogP contribution in [0.15, 0.2) is 48.5 Å². The van der Waals surface area contributed by atoms with Gasteiger partial charge >= 0.3 is 0 Å². The number of amides is 1. The van der Waals surface area contributed by atoms with Gasteiger partial charge in [0.1, 0.15) is 0 Å². The van der Waals surface area contributed by atoms with Crippen molar-refractivity contribution in [2.75, 3.05) is 5.32 Å². The molecule has 0 spiro atoms. The van der Waals surface area contributed by atoms with E-state index in [4.69, 9.17) is 11.6 Å². The first-order valence-electron chi connectivity index (χ1n) is 7.35. The molecule has 0 bridgehead atoms. The van der Waals surface area contributed by atoms with Gasteiger partial charge in [0.25, 0.3) is 0 Å². The highest BCUT2D eigenvalue weighted by Crippen LogP contribution is 2.17. The van der Waals surface area contributed by atoms with Gasteiger partial charge in [0.05, 0.1) is 6.04 Å². The third-order valence-electron chi connectivity index (χ3n) is 3.55. The maximum Gasteiger partial charge on any atom is 0.241 e. The first-order valence-corrected chi connectivity index (χ1v) is 7.72. The van der Waals surface area contributed by atoms with E-state index in [0.717, 1.165) is 16.8 Å². The minimum atomic E-state index is -0.300. The molecule has 0 aliphatic heterocycles. The molecule has 0 saturated carbocycles. The van der Waals surface area contributed by atoms with Crippen LogP contribution in [0.1, 0.15) is 31.0 Å². The monoisotopic (exact) mass is 316 g/mol. The third kappa shape index (κ3) is 4.58. The molecular formula is C18H21ClN2O. The highest BCUT2D eigenvalue weighted by molar-refractivity contribution is 6.30. The number of hydrogen-bond donors (Lipinski definition) is 2. The minimum Gasteiger partial charge on any atom is -0.325 e. The minimum absolute atomic E-state index is 0.0496.